The lowest BCUT2D eigenvalue weighted by molar-refractivity contribution is -0.142. The second-order valence-corrected chi connectivity index (χ2v) is 9.76. The molecule has 0 heterocycles. The highest BCUT2D eigenvalue weighted by Gasteiger charge is 2.22. The fraction of sp³-hybridized carbons (Fsp3) is 0.833. The molecule has 0 bridgehead atoms. The van der Waals surface area contributed by atoms with Crippen LogP contribution in [0.3, 0.4) is 0 Å². The zero-order valence-electron chi connectivity index (χ0n) is 20.5. The van der Waals surface area contributed by atoms with Crippen molar-refractivity contribution in [2.75, 3.05) is 6.54 Å². The molecule has 0 aliphatic rings. The molecular formula is C24H45N3O5. The van der Waals surface area contributed by atoms with Gasteiger partial charge in [0.15, 0.2) is 0 Å². The van der Waals surface area contributed by atoms with Crippen molar-refractivity contribution in [3.05, 3.63) is 0 Å². The number of hydrogen-bond acceptors (Lipinski definition) is 5. The molecule has 5 N–H and O–H groups in total. The van der Waals surface area contributed by atoms with E-state index in [1.165, 1.54) is 6.42 Å². The van der Waals surface area contributed by atoms with Crippen LogP contribution in [0.2, 0.25) is 0 Å². The maximum Gasteiger partial charge on any atom is 0.326 e. The molecule has 186 valence electrons. The number of carbonyl (C=O) groups is 4. The average Bonchev–Trinajstić information content (AvgIpc) is 2.69. The van der Waals surface area contributed by atoms with E-state index in [0.717, 1.165) is 32.1 Å². The van der Waals surface area contributed by atoms with E-state index >= 15 is 0 Å². The van der Waals surface area contributed by atoms with Crippen LogP contribution in [0, 0.1) is 11.3 Å². The minimum absolute atomic E-state index is 0.0225. The summed E-state index contributed by atoms with van der Waals surface area (Å²) in [4.78, 5) is 46.0. The number of nitrogens with one attached hydrogen (secondary N) is 2. The van der Waals surface area contributed by atoms with E-state index in [1.54, 1.807) is 0 Å². The predicted octanol–water partition coefficient (Wildman–Crippen LogP) is 3.17. The van der Waals surface area contributed by atoms with Gasteiger partial charge in [0.1, 0.15) is 12.3 Å². The monoisotopic (exact) mass is 455 g/mol. The maximum atomic E-state index is 12.2. The third-order valence-electron chi connectivity index (χ3n) is 5.68. The summed E-state index contributed by atoms with van der Waals surface area (Å²) in [6, 6.07) is -1.54. The summed E-state index contributed by atoms with van der Waals surface area (Å²) in [5.41, 5.74) is 5.80. The van der Waals surface area contributed by atoms with Crippen molar-refractivity contribution in [3.8, 4) is 0 Å². The van der Waals surface area contributed by atoms with E-state index < -0.39 is 18.1 Å². The summed E-state index contributed by atoms with van der Waals surface area (Å²) >= 11 is 0. The van der Waals surface area contributed by atoms with E-state index in [-0.39, 0.29) is 31.1 Å². The Morgan fingerprint density at radius 1 is 1.03 bits per heavy atom. The van der Waals surface area contributed by atoms with Crippen LogP contribution in [0.5, 0.6) is 0 Å². The van der Waals surface area contributed by atoms with Crippen LogP contribution in [-0.2, 0) is 19.2 Å². The molecule has 32 heavy (non-hydrogen) atoms. The van der Waals surface area contributed by atoms with E-state index in [9.17, 15) is 24.3 Å². The number of hydrogen-bond donors (Lipinski definition) is 4. The van der Waals surface area contributed by atoms with Gasteiger partial charge in [0.25, 0.3) is 0 Å². The molecule has 0 aromatic rings. The molecule has 0 rings (SSSR count). The van der Waals surface area contributed by atoms with Crippen LogP contribution in [0.25, 0.3) is 0 Å². The number of carboxylic acids is 1. The van der Waals surface area contributed by atoms with Gasteiger partial charge >= 0.3 is 5.97 Å². The lowest BCUT2D eigenvalue weighted by atomic mass is 9.78. The van der Waals surface area contributed by atoms with Gasteiger partial charge in [0.05, 0.1) is 6.04 Å². The Kier molecular flexibility index (Phi) is 15.6. The lowest BCUT2D eigenvalue weighted by Gasteiger charge is -2.27. The minimum atomic E-state index is -1.14. The van der Waals surface area contributed by atoms with Gasteiger partial charge < -0.3 is 26.3 Å². The average molecular weight is 456 g/mol. The second kappa shape index (κ2) is 16.6. The molecule has 0 saturated carbocycles. The summed E-state index contributed by atoms with van der Waals surface area (Å²) in [5.74, 6) is -1.17. The Hall–Kier alpha value is -1.96. The van der Waals surface area contributed by atoms with Crippen LogP contribution in [0.15, 0.2) is 0 Å². The van der Waals surface area contributed by atoms with Crippen molar-refractivity contribution in [2.45, 2.75) is 110 Å². The van der Waals surface area contributed by atoms with Gasteiger partial charge in [0, 0.05) is 19.4 Å². The first-order valence-electron chi connectivity index (χ1n) is 12.0. The van der Waals surface area contributed by atoms with E-state index in [4.69, 9.17) is 5.73 Å². The molecule has 2 amide bonds. The first-order chi connectivity index (χ1) is 15.0. The Labute approximate surface area is 193 Å². The highest BCUT2D eigenvalue weighted by atomic mass is 16.4. The van der Waals surface area contributed by atoms with Crippen molar-refractivity contribution in [3.63, 3.8) is 0 Å². The van der Waals surface area contributed by atoms with E-state index in [0.29, 0.717) is 37.0 Å². The number of carbonyl (C=O) groups excluding carboxylic acids is 3. The fourth-order valence-corrected chi connectivity index (χ4v) is 4.12. The zero-order chi connectivity index (χ0) is 24.6. The van der Waals surface area contributed by atoms with Crippen LogP contribution in [0.1, 0.15) is 98.3 Å². The lowest BCUT2D eigenvalue weighted by Crippen LogP contribution is -2.41. The summed E-state index contributed by atoms with van der Waals surface area (Å²) in [5, 5.41) is 14.6. The summed E-state index contributed by atoms with van der Waals surface area (Å²) in [6.07, 6.45) is 8.15. The normalized spacial score (nSPS) is 14.3. The Balaban J connectivity index is 4.16. The quantitative estimate of drug-likeness (QED) is 0.174. The van der Waals surface area contributed by atoms with Gasteiger partial charge in [0.2, 0.25) is 11.8 Å². The molecule has 0 fully saturated rings. The van der Waals surface area contributed by atoms with Gasteiger partial charge in [-0.2, -0.15) is 0 Å². The number of rotatable bonds is 19. The number of unbranched alkanes of at least 4 members (excludes halogenated alkanes) is 1. The third-order valence-corrected chi connectivity index (χ3v) is 5.68. The van der Waals surface area contributed by atoms with Crippen molar-refractivity contribution in [2.24, 2.45) is 17.1 Å². The first kappa shape index (κ1) is 30.0. The molecule has 0 spiro atoms. The van der Waals surface area contributed by atoms with Crippen molar-refractivity contribution in [1.82, 2.24) is 10.6 Å². The highest BCUT2D eigenvalue weighted by molar-refractivity contribution is 5.84. The Morgan fingerprint density at radius 3 is 2.31 bits per heavy atom. The predicted molar refractivity (Wildman–Crippen MR) is 126 cm³/mol. The molecule has 8 heteroatoms. The maximum absolute atomic E-state index is 12.2. The van der Waals surface area contributed by atoms with Crippen LogP contribution in [-0.4, -0.2) is 47.8 Å². The second-order valence-electron chi connectivity index (χ2n) is 9.76. The summed E-state index contributed by atoms with van der Waals surface area (Å²) in [7, 11) is 0. The summed E-state index contributed by atoms with van der Waals surface area (Å²) < 4.78 is 0. The highest BCUT2D eigenvalue weighted by Crippen LogP contribution is 2.32. The number of carboxylic acid groups (broad SMARTS) is 1. The van der Waals surface area contributed by atoms with Crippen LogP contribution >= 0.6 is 0 Å². The van der Waals surface area contributed by atoms with E-state index in [1.807, 2.05) is 0 Å². The molecule has 0 saturated heterocycles. The molecule has 0 aromatic heterocycles. The molecule has 0 aliphatic heterocycles. The van der Waals surface area contributed by atoms with Gasteiger partial charge in [-0.25, -0.2) is 4.79 Å². The van der Waals surface area contributed by atoms with Crippen molar-refractivity contribution < 1.29 is 24.3 Å². The Bertz CT molecular complexity index is 580. The van der Waals surface area contributed by atoms with E-state index in [2.05, 4.69) is 38.3 Å². The first-order valence-corrected chi connectivity index (χ1v) is 12.0. The van der Waals surface area contributed by atoms with Gasteiger partial charge in [-0.15, -0.1) is 0 Å². The van der Waals surface area contributed by atoms with Gasteiger partial charge in [-0.1, -0.05) is 40.5 Å². The smallest absolute Gasteiger partial charge is 0.326 e. The number of amides is 2. The number of aldehydes is 1. The topological polar surface area (TPSA) is 139 Å². The largest absolute Gasteiger partial charge is 0.480 e. The molecular weight excluding hydrogens is 410 g/mol. The van der Waals surface area contributed by atoms with Crippen molar-refractivity contribution in [1.29, 1.82) is 0 Å². The SMILES string of the molecule is CCCC(C)(C)CC(C)CCCC(=O)N[C@@H](CCC(=O)NCCCC[C@H](N)C=O)C(=O)O. The molecule has 3 atom stereocenters. The third kappa shape index (κ3) is 15.8. The molecule has 0 aromatic carbocycles. The molecule has 0 aliphatic carbocycles. The molecule has 1 unspecified atom stereocenters. The molecule has 8 nitrogen and oxygen atoms in total. The Morgan fingerprint density at radius 2 is 1.72 bits per heavy atom. The van der Waals surface area contributed by atoms with Crippen LogP contribution < -0.4 is 16.4 Å². The summed E-state index contributed by atoms with van der Waals surface area (Å²) in [6.45, 7) is 9.38. The minimum Gasteiger partial charge on any atom is -0.480 e. The fourth-order valence-electron chi connectivity index (χ4n) is 4.12. The molecule has 0 radical (unpaired) electrons. The van der Waals surface area contributed by atoms with Gasteiger partial charge in [-0.05, 0) is 56.3 Å². The van der Waals surface area contributed by atoms with Crippen molar-refractivity contribution >= 4 is 24.1 Å². The number of aliphatic carboxylic acids is 1. The van der Waals surface area contributed by atoms with Crippen LogP contribution in [0.4, 0.5) is 0 Å². The standard InChI is InChI=1S/C24H45N3O5/c1-5-14-24(3,4)16-18(2)9-8-11-22(30)27-20(23(31)32)12-13-21(29)26-15-7-6-10-19(25)17-28/h17-20H,5-16,25H2,1-4H3,(H,26,29)(H,27,30)(H,31,32)/t18?,19-,20-/m0/s1. The van der Waals surface area contributed by atoms with Gasteiger partial charge in [-0.3, -0.25) is 9.59 Å². The number of nitrogens with two attached hydrogens (primary N) is 1. The zero-order valence-corrected chi connectivity index (χ0v) is 20.5.